The molecule has 290 valence electrons. The first-order valence-electron chi connectivity index (χ1n) is 16.9. The molecule has 0 radical (unpaired) electrons. The van der Waals surface area contributed by atoms with Crippen LogP contribution in [0.4, 0.5) is 14.4 Å². The lowest BCUT2D eigenvalue weighted by molar-refractivity contribution is -0.150. The third-order valence-corrected chi connectivity index (χ3v) is 7.27. The van der Waals surface area contributed by atoms with Gasteiger partial charge in [0.25, 0.3) is 5.56 Å². The second-order valence-corrected chi connectivity index (χ2v) is 12.8. The summed E-state index contributed by atoms with van der Waals surface area (Å²) in [6.45, 7) is 5.03. The van der Waals surface area contributed by atoms with Crippen LogP contribution in [-0.4, -0.2) is 87.0 Å². The van der Waals surface area contributed by atoms with Gasteiger partial charge in [-0.3, -0.25) is 34.8 Å². The number of aryl methyl sites for hydroxylation is 1. The summed E-state index contributed by atoms with van der Waals surface area (Å²) in [7, 11) is 0. The highest BCUT2D eigenvalue weighted by molar-refractivity contribution is 6.01. The van der Waals surface area contributed by atoms with Gasteiger partial charge in [0.2, 0.25) is 11.9 Å². The second kappa shape index (κ2) is 20.5. The monoisotopic (exact) mass is 751 g/mol. The number of aliphatic imine (C=N–C) groups is 1. The molecule has 0 fully saturated rings. The fraction of sp³-hybridized carbons (Fsp3) is 0.389. The number of aliphatic carboxylic acids is 1. The van der Waals surface area contributed by atoms with E-state index in [1.807, 2.05) is 0 Å². The van der Waals surface area contributed by atoms with Crippen LogP contribution in [-0.2, 0) is 43.6 Å². The van der Waals surface area contributed by atoms with Gasteiger partial charge in [-0.2, -0.15) is 0 Å². The van der Waals surface area contributed by atoms with Crippen LogP contribution in [0, 0.1) is 6.92 Å². The fourth-order valence-electron chi connectivity index (χ4n) is 4.73. The molecule has 18 nitrogen and oxygen atoms in total. The zero-order valence-electron chi connectivity index (χ0n) is 30.5. The summed E-state index contributed by atoms with van der Waals surface area (Å²) in [5, 5.41) is 17.4. The van der Waals surface area contributed by atoms with Gasteiger partial charge in [-0.25, -0.2) is 24.0 Å². The number of nitrogens with one attached hydrogen (secondary N) is 4. The van der Waals surface area contributed by atoms with E-state index in [0.717, 1.165) is 9.47 Å². The molecular formula is C36H45N7O11. The van der Waals surface area contributed by atoms with Crippen LogP contribution in [0.3, 0.4) is 0 Å². The van der Waals surface area contributed by atoms with E-state index in [4.69, 9.17) is 14.2 Å². The van der Waals surface area contributed by atoms with Crippen molar-refractivity contribution in [3.63, 3.8) is 0 Å². The van der Waals surface area contributed by atoms with Crippen molar-refractivity contribution < 1.29 is 43.3 Å². The molecule has 3 rings (SSSR count). The van der Waals surface area contributed by atoms with Crippen molar-refractivity contribution in [1.29, 1.82) is 0 Å². The van der Waals surface area contributed by atoms with Crippen molar-refractivity contribution in [2.75, 3.05) is 19.6 Å². The molecule has 0 spiro atoms. The minimum absolute atomic E-state index is 0.0168. The predicted octanol–water partition coefficient (Wildman–Crippen LogP) is 2.64. The number of ether oxygens (including phenoxy) is 3. The Bertz CT molecular complexity index is 1830. The normalized spacial score (nSPS) is 11.3. The van der Waals surface area contributed by atoms with E-state index >= 15 is 0 Å². The Kier molecular flexibility index (Phi) is 16.0. The maximum atomic E-state index is 13.5. The number of alkyl carbamates (subject to hydrolysis) is 3. The fourth-order valence-corrected chi connectivity index (χ4v) is 4.73. The number of amides is 4. The molecule has 0 saturated heterocycles. The number of hydrogen-bond donors (Lipinski definition) is 5. The molecule has 0 saturated carbocycles. The Morgan fingerprint density at radius 2 is 1.44 bits per heavy atom. The topological polar surface area (TPSA) is 240 Å². The molecule has 2 aromatic carbocycles. The summed E-state index contributed by atoms with van der Waals surface area (Å²) in [6, 6.07) is 16.2. The van der Waals surface area contributed by atoms with Crippen LogP contribution in [0.1, 0.15) is 50.3 Å². The van der Waals surface area contributed by atoms with Crippen molar-refractivity contribution >= 4 is 36.1 Å². The highest BCUT2D eigenvalue weighted by Gasteiger charge is 2.30. The minimum atomic E-state index is -1.47. The summed E-state index contributed by atoms with van der Waals surface area (Å²) in [5.41, 5.74) is -0.747. The van der Waals surface area contributed by atoms with Crippen molar-refractivity contribution in [2.24, 2.45) is 4.99 Å². The average Bonchev–Trinajstić information content (AvgIpc) is 3.11. The summed E-state index contributed by atoms with van der Waals surface area (Å²) in [6.07, 6.45) is -1.65. The number of carboxylic acid groups (broad SMARTS) is 1. The minimum Gasteiger partial charge on any atom is -0.480 e. The van der Waals surface area contributed by atoms with E-state index < -0.39 is 59.6 Å². The molecule has 0 bridgehead atoms. The number of hydrogen-bond acceptors (Lipinski definition) is 11. The van der Waals surface area contributed by atoms with Crippen molar-refractivity contribution in [3.05, 3.63) is 104 Å². The van der Waals surface area contributed by atoms with Crippen molar-refractivity contribution in [1.82, 2.24) is 30.4 Å². The quantitative estimate of drug-likeness (QED) is 0.0655. The number of carbonyl (C=O) groups excluding carboxylic acids is 4. The Morgan fingerprint density at radius 3 is 1.96 bits per heavy atom. The first-order valence-corrected chi connectivity index (χ1v) is 16.9. The number of carboxylic acids is 1. The molecule has 4 amide bonds. The summed E-state index contributed by atoms with van der Waals surface area (Å²) < 4.78 is 16.6. The third kappa shape index (κ3) is 15.0. The van der Waals surface area contributed by atoms with Gasteiger partial charge in [0.15, 0.2) is 0 Å². The summed E-state index contributed by atoms with van der Waals surface area (Å²) in [4.78, 5) is 95.1. The lowest BCUT2D eigenvalue weighted by Gasteiger charge is -2.29. The van der Waals surface area contributed by atoms with Crippen molar-refractivity contribution in [3.8, 4) is 0 Å². The van der Waals surface area contributed by atoms with Crippen LogP contribution >= 0.6 is 0 Å². The number of rotatable bonds is 15. The molecule has 1 aromatic heterocycles. The smallest absolute Gasteiger partial charge is 0.414 e. The largest absolute Gasteiger partial charge is 0.480 e. The van der Waals surface area contributed by atoms with E-state index in [2.05, 4.69) is 25.9 Å². The Morgan fingerprint density at radius 1 is 0.889 bits per heavy atom. The van der Waals surface area contributed by atoms with Crippen LogP contribution in [0.15, 0.2) is 81.4 Å². The molecule has 54 heavy (non-hydrogen) atoms. The number of nitrogens with zero attached hydrogens (tertiary/aromatic N) is 3. The molecule has 18 heteroatoms. The molecule has 5 N–H and O–H groups in total. The van der Waals surface area contributed by atoms with E-state index in [1.165, 1.54) is 13.1 Å². The molecule has 0 unspecified atom stereocenters. The summed E-state index contributed by atoms with van der Waals surface area (Å²) in [5.74, 6) is -2.52. The lowest BCUT2D eigenvalue weighted by atomic mass is 10.1. The lowest BCUT2D eigenvalue weighted by Crippen LogP contribution is -2.50. The number of H-pyrrole nitrogens is 1. The zero-order valence-corrected chi connectivity index (χ0v) is 30.5. The van der Waals surface area contributed by atoms with Crippen LogP contribution in [0.25, 0.3) is 0 Å². The zero-order chi connectivity index (χ0) is 39.7. The highest BCUT2D eigenvalue weighted by atomic mass is 16.6. The molecule has 0 aliphatic rings. The van der Waals surface area contributed by atoms with E-state index in [9.17, 15) is 38.7 Å². The van der Waals surface area contributed by atoms with Crippen LogP contribution in [0.5, 0.6) is 0 Å². The number of benzene rings is 2. The standard InChI is InChI=1S/C36H45N7O11/c1-24-20-42(32(48)39-29(24)45)21-28(44)43(19-18-38-33(49)54-36(2,3)4)27(30(46)47)16-11-17-37-31(40-34(50)52-22-25-12-7-5-8-13-25)41-35(51)53-23-26-14-9-6-10-15-26/h5-10,12-15,20,27H,11,16-19,21-23H2,1-4H3,(H,38,49)(H,46,47)(H,39,45,48)(H2,37,40,41,50,51)/t27-/m0/s1. The highest BCUT2D eigenvalue weighted by Crippen LogP contribution is 2.11. The maximum absolute atomic E-state index is 13.5. The SMILES string of the molecule is Cc1cn(CC(=O)N(CCNC(=O)OC(C)(C)C)[C@@H](CCCN=C(NC(=O)OCc2ccccc2)NC(=O)OCc2ccccc2)C(=O)O)c(=O)[nH]c1=O. The predicted molar refractivity (Wildman–Crippen MR) is 194 cm³/mol. The second-order valence-electron chi connectivity index (χ2n) is 12.8. The van der Waals surface area contributed by atoms with Gasteiger partial charge in [0.05, 0.1) is 0 Å². The van der Waals surface area contributed by atoms with Gasteiger partial charge in [-0.1, -0.05) is 60.7 Å². The van der Waals surface area contributed by atoms with E-state index in [1.54, 1.807) is 81.4 Å². The summed E-state index contributed by atoms with van der Waals surface area (Å²) >= 11 is 0. The number of aromatic nitrogens is 2. The van der Waals surface area contributed by atoms with Crippen LogP contribution < -0.4 is 27.2 Å². The Balaban J connectivity index is 1.75. The number of aromatic amines is 1. The molecule has 1 heterocycles. The molecular weight excluding hydrogens is 706 g/mol. The molecule has 0 aliphatic heterocycles. The Labute approximate surface area is 310 Å². The van der Waals surface area contributed by atoms with Gasteiger partial charge in [0, 0.05) is 31.4 Å². The van der Waals surface area contributed by atoms with Gasteiger partial charge >= 0.3 is 29.9 Å². The Hall–Kier alpha value is -6.46. The van der Waals surface area contributed by atoms with Gasteiger partial charge in [-0.15, -0.1) is 0 Å². The molecule has 1 atom stereocenters. The van der Waals surface area contributed by atoms with E-state index in [0.29, 0.717) is 11.1 Å². The average molecular weight is 752 g/mol. The molecule has 0 aliphatic carbocycles. The van der Waals surface area contributed by atoms with Gasteiger partial charge < -0.3 is 29.5 Å². The van der Waals surface area contributed by atoms with Crippen molar-refractivity contribution in [2.45, 2.75) is 71.9 Å². The first kappa shape index (κ1) is 42.0. The van der Waals surface area contributed by atoms with E-state index in [-0.39, 0.29) is 57.2 Å². The van der Waals surface area contributed by atoms with Gasteiger partial charge in [-0.05, 0) is 51.7 Å². The molecule has 3 aromatic rings. The van der Waals surface area contributed by atoms with Gasteiger partial charge in [0.1, 0.15) is 31.4 Å². The van der Waals surface area contributed by atoms with Crippen LogP contribution in [0.2, 0.25) is 0 Å². The third-order valence-electron chi connectivity index (χ3n) is 7.27. The first-order chi connectivity index (χ1) is 25.6. The maximum Gasteiger partial charge on any atom is 0.414 e. The number of carbonyl (C=O) groups is 5. The number of guanidine groups is 1.